The molecule has 0 aromatic carbocycles. The molecule has 0 aliphatic rings. The maximum atomic E-state index is 10.2. The second-order valence-corrected chi connectivity index (χ2v) is 4.14. The first-order chi connectivity index (χ1) is 8.22. The number of aromatic nitrogens is 3. The van der Waals surface area contributed by atoms with Crippen LogP contribution in [0.1, 0.15) is 36.5 Å². The molecule has 2 heterocycles. The van der Waals surface area contributed by atoms with Gasteiger partial charge in [0.05, 0.1) is 5.69 Å². The maximum Gasteiger partial charge on any atom is 0.153 e. The third-order valence-corrected chi connectivity index (χ3v) is 2.67. The van der Waals surface area contributed by atoms with Crippen LogP contribution in [0.2, 0.25) is 0 Å². The Bertz CT molecular complexity index is 476. The van der Waals surface area contributed by atoms with E-state index in [4.69, 9.17) is 0 Å². The summed E-state index contributed by atoms with van der Waals surface area (Å²) >= 11 is 0. The van der Waals surface area contributed by atoms with E-state index < -0.39 is 6.10 Å². The van der Waals surface area contributed by atoms with E-state index in [1.807, 2.05) is 29.8 Å². The van der Waals surface area contributed by atoms with Crippen molar-refractivity contribution in [3.63, 3.8) is 0 Å². The molecule has 0 amide bonds. The monoisotopic (exact) mass is 231 g/mol. The Labute approximate surface area is 101 Å². The molecule has 17 heavy (non-hydrogen) atoms. The summed E-state index contributed by atoms with van der Waals surface area (Å²) in [4.78, 5) is 8.44. The Kier molecular flexibility index (Phi) is 3.54. The summed E-state index contributed by atoms with van der Waals surface area (Å²) < 4.78 is 1.96. The van der Waals surface area contributed by atoms with Gasteiger partial charge in [0, 0.05) is 25.1 Å². The Morgan fingerprint density at radius 3 is 2.82 bits per heavy atom. The van der Waals surface area contributed by atoms with E-state index in [1.54, 1.807) is 12.4 Å². The van der Waals surface area contributed by atoms with Crippen LogP contribution in [-0.4, -0.2) is 19.6 Å². The van der Waals surface area contributed by atoms with Crippen LogP contribution < -0.4 is 0 Å². The lowest BCUT2D eigenvalue weighted by Gasteiger charge is -2.12. The van der Waals surface area contributed by atoms with Crippen LogP contribution in [0.4, 0.5) is 0 Å². The van der Waals surface area contributed by atoms with Gasteiger partial charge in [0.2, 0.25) is 0 Å². The van der Waals surface area contributed by atoms with Gasteiger partial charge >= 0.3 is 0 Å². The number of imidazole rings is 1. The Hall–Kier alpha value is -1.68. The van der Waals surface area contributed by atoms with E-state index in [0.717, 1.165) is 18.5 Å². The van der Waals surface area contributed by atoms with Crippen molar-refractivity contribution in [3.05, 3.63) is 47.8 Å². The number of aryl methyl sites for hydroxylation is 2. The van der Waals surface area contributed by atoms with E-state index in [2.05, 4.69) is 16.9 Å². The maximum absolute atomic E-state index is 10.2. The third kappa shape index (κ3) is 2.53. The van der Waals surface area contributed by atoms with Crippen molar-refractivity contribution in [2.45, 2.75) is 32.9 Å². The zero-order valence-corrected chi connectivity index (χ0v) is 10.2. The number of pyridine rings is 1. The number of hydrogen-bond acceptors (Lipinski definition) is 3. The van der Waals surface area contributed by atoms with Crippen molar-refractivity contribution in [2.24, 2.45) is 0 Å². The molecule has 1 N–H and O–H groups in total. The molecule has 0 fully saturated rings. The van der Waals surface area contributed by atoms with Crippen LogP contribution >= 0.6 is 0 Å². The van der Waals surface area contributed by atoms with Gasteiger partial charge in [-0.3, -0.25) is 4.98 Å². The van der Waals surface area contributed by atoms with Gasteiger partial charge < -0.3 is 9.67 Å². The molecule has 0 aliphatic carbocycles. The highest BCUT2D eigenvalue weighted by atomic mass is 16.3. The third-order valence-electron chi connectivity index (χ3n) is 2.67. The zero-order valence-electron chi connectivity index (χ0n) is 10.2. The highest BCUT2D eigenvalue weighted by Crippen LogP contribution is 2.18. The Morgan fingerprint density at radius 1 is 1.35 bits per heavy atom. The van der Waals surface area contributed by atoms with Gasteiger partial charge in [-0.25, -0.2) is 4.98 Å². The van der Waals surface area contributed by atoms with Crippen molar-refractivity contribution < 1.29 is 5.11 Å². The predicted octanol–water partition coefficient (Wildman–Crippen LogP) is 2.08. The minimum atomic E-state index is -0.753. The van der Waals surface area contributed by atoms with Crippen molar-refractivity contribution in [2.75, 3.05) is 0 Å². The number of rotatable bonds is 4. The summed E-state index contributed by atoms with van der Waals surface area (Å²) in [6.07, 6.45) is 5.61. The fourth-order valence-corrected chi connectivity index (χ4v) is 1.77. The SMILES string of the molecule is CCCn1ccnc1C(O)c1ccc(C)cn1. The van der Waals surface area contributed by atoms with Gasteiger partial charge in [0.25, 0.3) is 0 Å². The fraction of sp³-hybridized carbons (Fsp3) is 0.385. The zero-order chi connectivity index (χ0) is 12.3. The molecule has 2 aromatic rings. The van der Waals surface area contributed by atoms with Gasteiger partial charge in [-0.1, -0.05) is 13.0 Å². The molecule has 1 atom stereocenters. The summed E-state index contributed by atoms with van der Waals surface area (Å²) in [5.41, 5.74) is 1.72. The number of hydrogen-bond donors (Lipinski definition) is 1. The fourth-order valence-electron chi connectivity index (χ4n) is 1.77. The van der Waals surface area contributed by atoms with E-state index >= 15 is 0 Å². The summed E-state index contributed by atoms with van der Waals surface area (Å²) in [6, 6.07) is 3.78. The summed E-state index contributed by atoms with van der Waals surface area (Å²) in [7, 11) is 0. The van der Waals surface area contributed by atoms with Crippen molar-refractivity contribution in [1.82, 2.24) is 14.5 Å². The molecule has 4 nitrogen and oxygen atoms in total. The second kappa shape index (κ2) is 5.10. The first kappa shape index (κ1) is 11.8. The van der Waals surface area contributed by atoms with Crippen LogP contribution in [0, 0.1) is 6.92 Å². The van der Waals surface area contributed by atoms with E-state index in [0.29, 0.717) is 11.5 Å². The van der Waals surface area contributed by atoms with Gasteiger partial charge in [-0.05, 0) is 25.0 Å². The quantitative estimate of drug-likeness (QED) is 0.876. The number of aliphatic hydroxyl groups is 1. The first-order valence-electron chi connectivity index (χ1n) is 5.84. The molecule has 0 aliphatic heterocycles. The molecule has 0 spiro atoms. The van der Waals surface area contributed by atoms with E-state index in [9.17, 15) is 5.11 Å². The van der Waals surface area contributed by atoms with Crippen LogP contribution in [0.25, 0.3) is 0 Å². The minimum absolute atomic E-state index is 0.638. The van der Waals surface area contributed by atoms with Crippen LogP contribution in [0.15, 0.2) is 30.7 Å². The summed E-state index contributed by atoms with van der Waals surface area (Å²) in [6.45, 7) is 4.93. The molecule has 0 saturated carbocycles. The van der Waals surface area contributed by atoms with Gasteiger partial charge in [-0.2, -0.15) is 0 Å². The summed E-state index contributed by atoms with van der Waals surface area (Å²) in [5.74, 6) is 0.656. The Morgan fingerprint density at radius 2 is 2.18 bits per heavy atom. The normalized spacial score (nSPS) is 12.6. The molecule has 0 saturated heterocycles. The van der Waals surface area contributed by atoms with Crippen molar-refractivity contribution in [1.29, 1.82) is 0 Å². The lowest BCUT2D eigenvalue weighted by atomic mass is 10.2. The standard InChI is InChI=1S/C13H17N3O/c1-3-7-16-8-6-14-13(16)12(17)11-5-4-10(2)9-15-11/h4-6,8-9,12,17H,3,7H2,1-2H3. The highest BCUT2D eigenvalue weighted by Gasteiger charge is 2.16. The molecule has 4 heteroatoms. The molecule has 90 valence electrons. The molecule has 1 unspecified atom stereocenters. The van der Waals surface area contributed by atoms with Crippen LogP contribution in [-0.2, 0) is 6.54 Å². The topological polar surface area (TPSA) is 50.9 Å². The van der Waals surface area contributed by atoms with Gasteiger partial charge in [0.1, 0.15) is 5.82 Å². The van der Waals surface area contributed by atoms with E-state index in [-0.39, 0.29) is 0 Å². The van der Waals surface area contributed by atoms with Crippen molar-refractivity contribution in [3.8, 4) is 0 Å². The summed E-state index contributed by atoms with van der Waals surface area (Å²) in [5, 5.41) is 10.2. The number of nitrogens with zero attached hydrogens (tertiary/aromatic N) is 3. The number of aliphatic hydroxyl groups excluding tert-OH is 1. The first-order valence-corrected chi connectivity index (χ1v) is 5.84. The molecule has 2 aromatic heterocycles. The second-order valence-electron chi connectivity index (χ2n) is 4.14. The molecular weight excluding hydrogens is 214 g/mol. The van der Waals surface area contributed by atoms with Crippen LogP contribution in [0.3, 0.4) is 0 Å². The van der Waals surface area contributed by atoms with E-state index in [1.165, 1.54) is 0 Å². The Balaban J connectivity index is 2.26. The van der Waals surface area contributed by atoms with Gasteiger partial charge in [-0.15, -0.1) is 0 Å². The average Bonchev–Trinajstić information content (AvgIpc) is 2.78. The average molecular weight is 231 g/mol. The molecule has 0 radical (unpaired) electrons. The minimum Gasteiger partial charge on any atom is -0.379 e. The molecule has 2 rings (SSSR count). The molecular formula is C13H17N3O. The van der Waals surface area contributed by atoms with Gasteiger partial charge in [0.15, 0.2) is 6.10 Å². The predicted molar refractivity (Wildman–Crippen MR) is 65.6 cm³/mol. The van der Waals surface area contributed by atoms with Crippen molar-refractivity contribution >= 4 is 0 Å². The lowest BCUT2D eigenvalue weighted by molar-refractivity contribution is 0.199. The smallest absolute Gasteiger partial charge is 0.153 e. The largest absolute Gasteiger partial charge is 0.379 e. The van der Waals surface area contributed by atoms with Crippen LogP contribution in [0.5, 0.6) is 0 Å². The lowest BCUT2D eigenvalue weighted by Crippen LogP contribution is -2.10. The highest BCUT2D eigenvalue weighted by molar-refractivity contribution is 5.19. The molecule has 0 bridgehead atoms.